The summed E-state index contributed by atoms with van der Waals surface area (Å²) >= 11 is 0. The first-order valence-electron chi connectivity index (χ1n) is 15.3. The van der Waals surface area contributed by atoms with Crippen LogP contribution in [0, 0.1) is 0 Å². The van der Waals surface area contributed by atoms with E-state index in [1.165, 1.54) is 0 Å². The molecule has 46 heavy (non-hydrogen) atoms. The van der Waals surface area contributed by atoms with Crippen LogP contribution in [-0.4, -0.2) is 6.54 Å². The molecule has 2 N–H and O–H groups in total. The largest absolute Gasteiger partial charge is 0.456 e. The maximum absolute atomic E-state index is 6.82. The highest BCUT2D eigenvalue weighted by molar-refractivity contribution is 5.85. The molecule has 0 fully saturated rings. The van der Waals surface area contributed by atoms with E-state index in [1.807, 2.05) is 91.1 Å². The van der Waals surface area contributed by atoms with Crippen molar-refractivity contribution < 1.29 is 14.2 Å². The number of dihydropyridines is 1. The second-order valence-corrected chi connectivity index (χ2v) is 11.1. The maximum atomic E-state index is 6.82. The number of allylic oxidation sites excluding steroid dienone is 1. The number of ether oxygens (including phenoxy) is 3. The second-order valence-electron chi connectivity index (χ2n) is 11.1. The number of benzene rings is 6. The predicted molar refractivity (Wildman–Crippen MR) is 185 cm³/mol. The molecule has 0 unspecified atom stereocenters. The van der Waals surface area contributed by atoms with Crippen molar-refractivity contribution in [2.45, 2.75) is 0 Å². The van der Waals surface area contributed by atoms with E-state index >= 15 is 0 Å². The van der Waals surface area contributed by atoms with Crippen LogP contribution in [0.25, 0.3) is 33.4 Å². The maximum Gasteiger partial charge on any atom is 0.150 e. The number of fused-ring (bicyclic) bond motifs is 6. The van der Waals surface area contributed by atoms with E-state index < -0.39 is 0 Å². The molecule has 6 aromatic rings. The molecule has 0 spiro atoms. The zero-order chi connectivity index (χ0) is 30.7. The van der Waals surface area contributed by atoms with E-state index in [0.29, 0.717) is 5.75 Å². The molecule has 0 saturated carbocycles. The highest BCUT2D eigenvalue weighted by Crippen LogP contribution is 2.48. The molecule has 6 aromatic carbocycles. The molecule has 0 aromatic heterocycles. The fourth-order valence-corrected chi connectivity index (χ4v) is 5.80. The normalized spacial score (nSPS) is 12.8. The summed E-state index contributed by atoms with van der Waals surface area (Å²) in [5.41, 5.74) is 7.66. The highest BCUT2D eigenvalue weighted by Gasteiger charge is 2.21. The SMILES string of the molecule is C1=CC(Oc2ccccc2Nc2ccc3c(c2)Oc2ccccc2-c2ccccc2Oc2cc(-c4ccccc4)ccc2-3)=CNC1. The third kappa shape index (κ3) is 5.46. The van der Waals surface area contributed by atoms with Crippen LogP contribution >= 0.6 is 0 Å². The lowest BCUT2D eigenvalue weighted by Gasteiger charge is -2.22. The standard InChI is InChI=1S/C41H30N2O3/c1-2-11-28(12-3-1)29-20-22-34-35-23-21-30(43-36-16-6-9-19-39(36)44-31-13-10-24-42-27-31)26-41(35)46-38-18-8-5-15-33(38)32-14-4-7-17-37(32)45-40(34)25-29/h1-23,25-27,42-43H,24H2. The van der Waals surface area contributed by atoms with Crippen LogP contribution in [0.4, 0.5) is 11.4 Å². The number of nitrogens with one attached hydrogen (secondary N) is 2. The average Bonchev–Trinajstić information content (AvgIpc) is 3.11. The molecule has 0 amide bonds. The summed E-state index contributed by atoms with van der Waals surface area (Å²) in [5, 5.41) is 6.76. The molecule has 8 rings (SSSR count). The number of hydrogen-bond donors (Lipinski definition) is 2. The Morgan fingerprint density at radius 1 is 0.543 bits per heavy atom. The molecule has 0 bridgehead atoms. The van der Waals surface area contributed by atoms with Gasteiger partial charge in [0.25, 0.3) is 0 Å². The monoisotopic (exact) mass is 598 g/mol. The van der Waals surface area contributed by atoms with E-state index in [2.05, 4.69) is 77.4 Å². The quantitative estimate of drug-likeness (QED) is 0.206. The van der Waals surface area contributed by atoms with Gasteiger partial charge in [0.2, 0.25) is 0 Å². The molecule has 5 nitrogen and oxygen atoms in total. The van der Waals surface area contributed by atoms with Crippen molar-refractivity contribution in [3.8, 4) is 62.1 Å². The molecule has 5 heteroatoms. The van der Waals surface area contributed by atoms with Crippen molar-refractivity contribution in [2.75, 3.05) is 11.9 Å². The van der Waals surface area contributed by atoms with Crippen molar-refractivity contribution in [1.29, 1.82) is 0 Å². The second kappa shape index (κ2) is 12.1. The van der Waals surface area contributed by atoms with E-state index in [4.69, 9.17) is 14.2 Å². The Balaban J connectivity index is 1.25. The van der Waals surface area contributed by atoms with Crippen LogP contribution in [0.15, 0.2) is 164 Å². The van der Waals surface area contributed by atoms with Crippen LogP contribution in [0.2, 0.25) is 0 Å². The number of anilines is 2. The van der Waals surface area contributed by atoms with Gasteiger partial charge < -0.3 is 24.8 Å². The minimum Gasteiger partial charge on any atom is -0.456 e. The summed E-state index contributed by atoms with van der Waals surface area (Å²) in [6.45, 7) is 0.790. The number of hydrogen-bond acceptors (Lipinski definition) is 5. The van der Waals surface area contributed by atoms with Gasteiger partial charge in [-0.15, -0.1) is 0 Å². The molecule has 0 atom stereocenters. The zero-order valence-electron chi connectivity index (χ0n) is 24.9. The van der Waals surface area contributed by atoms with Crippen molar-refractivity contribution in [1.82, 2.24) is 5.32 Å². The van der Waals surface area contributed by atoms with Crippen LogP contribution in [0.3, 0.4) is 0 Å². The zero-order valence-corrected chi connectivity index (χ0v) is 24.9. The lowest BCUT2D eigenvalue weighted by molar-refractivity contribution is 0.439. The Bertz CT molecular complexity index is 2120. The molecule has 2 heterocycles. The lowest BCUT2D eigenvalue weighted by atomic mass is 9.97. The Morgan fingerprint density at radius 2 is 1.17 bits per heavy atom. The fourth-order valence-electron chi connectivity index (χ4n) is 5.80. The summed E-state index contributed by atoms with van der Waals surface area (Å²) in [7, 11) is 0. The molecule has 0 saturated heterocycles. The van der Waals surface area contributed by atoms with Gasteiger partial charge in [-0.2, -0.15) is 0 Å². The third-order valence-electron chi connectivity index (χ3n) is 8.02. The van der Waals surface area contributed by atoms with Crippen molar-refractivity contribution >= 4 is 11.4 Å². The van der Waals surface area contributed by atoms with Gasteiger partial charge in [-0.25, -0.2) is 0 Å². The average molecular weight is 599 g/mol. The fraction of sp³-hybridized carbons (Fsp3) is 0.0244. The predicted octanol–water partition coefficient (Wildman–Crippen LogP) is 10.7. The van der Waals surface area contributed by atoms with Gasteiger partial charge in [0.05, 0.1) is 5.69 Å². The molecular formula is C41H30N2O3. The summed E-state index contributed by atoms with van der Waals surface area (Å²) < 4.78 is 19.8. The van der Waals surface area contributed by atoms with Gasteiger partial charge in [-0.3, -0.25) is 0 Å². The Kier molecular flexibility index (Phi) is 7.17. The highest BCUT2D eigenvalue weighted by atomic mass is 16.5. The molecule has 0 radical (unpaired) electrons. The molecule has 0 aliphatic carbocycles. The first kappa shape index (κ1) is 27.4. The van der Waals surface area contributed by atoms with E-state index in [1.54, 1.807) is 0 Å². The smallest absolute Gasteiger partial charge is 0.150 e. The van der Waals surface area contributed by atoms with Gasteiger partial charge in [-0.1, -0.05) is 91.0 Å². The van der Waals surface area contributed by atoms with Gasteiger partial charge >= 0.3 is 0 Å². The molecule has 2 aliphatic rings. The minimum atomic E-state index is 0.703. The number of rotatable bonds is 5. The first-order chi connectivity index (χ1) is 22.8. The van der Waals surface area contributed by atoms with Crippen molar-refractivity contribution in [3.63, 3.8) is 0 Å². The van der Waals surface area contributed by atoms with Crippen molar-refractivity contribution in [3.05, 3.63) is 164 Å². The van der Waals surface area contributed by atoms with Crippen molar-refractivity contribution in [2.24, 2.45) is 0 Å². The lowest BCUT2D eigenvalue weighted by Crippen LogP contribution is -2.11. The Labute approximate surface area is 268 Å². The number of para-hydroxylation sites is 4. The van der Waals surface area contributed by atoms with E-state index in [9.17, 15) is 0 Å². The topological polar surface area (TPSA) is 51.8 Å². The van der Waals surface area contributed by atoms with Crippen LogP contribution in [-0.2, 0) is 0 Å². The summed E-state index contributed by atoms with van der Waals surface area (Å²) in [5.74, 6) is 4.43. The van der Waals surface area contributed by atoms with Crippen LogP contribution in [0.5, 0.6) is 28.7 Å². The summed E-state index contributed by atoms with van der Waals surface area (Å²) in [6.07, 6.45) is 5.87. The third-order valence-corrected chi connectivity index (χ3v) is 8.02. The first-order valence-corrected chi connectivity index (χ1v) is 15.3. The Hall–Kier alpha value is -6.20. The van der Waals surface area contributed by atoms with E-state index in [0.717, 1.165) is 80.1 Å². The van der Waals surface area contributed by atoms with Gasteiger partial charge in [0, 0.05) is 46.8 Å². The molecular weight excluding hydrogens is 568 g/mol. The van der Waals surface area contributed by atoms with Crippen LogP contribution in [0.1, 0.15) is 0 Å². The molecule has 2 aliphatic heterocycles. The van der Waals surface area contributed by atoms with Gasteiger partial charge in [0.15, 0.2) is 5.75 Å². The summed E-state index contributed by atoms with van der Waals surface area (Å²) in [4.78, 5) is 0. The van der Waals surface area contributed by atoms with E-state index in [-0.39, 0.29) is 0 Å². The van der Waals surface area contributed by atoms with Gasteiger partial charge in [0.1, 0.15) is 28.8 Å². The molecule has 222 valence electrons. The Morgan fingerprint density at radius 3 is 1.91 bits per heavy atom. The van der Waals surface area contributed by atoms with Crippen LogP contribution < -0.4 is 24.8 Å². The van der Waals surface area contributed by atoms with Gasteiger partial charge in [-0.05, 0) is 65.7 Å². The minimum absolute atomic E-state index is 0.703. The summed E-state index contributed by atoms with van der Waals surface area (Å²) in [6, 6.07) is 47.0.